The van der Waals surface area contributed by atoms with Crippen LogP contribution in [0.5, 0.6) is 0 Å². The minimum atomic E-state index is -0.587. The van der Waals surface area contributed by atoms with E-state index >= 15 is 0 Å². The molecule has 2 rings (SSSR count). The van der Waals surface area contributed by atoms with Crippen LogP contribution in [0, 0.1) is 20.8 Å². The minimum absolute atomic E-state index is 0.327. The van der Waals surface area contributed by atoms with Gasteiger partial charge < -0.3 is 14.5 Å². The molecule has 23 heavy (non-hydrogen) atoms. The van der Waals surface area contributed by atoms with Crippen molar-refractivity contribution in [3.63, 3.8) is 0 Å². The third kappa shape index (κ3) is 4.45. The van der Waals surface area contributed by atoms with Gasteiger partial charge in [0, 0.05) is 8.95 Å². The van der Waals surface area contributed by atoms with Gasteiger partial charge in [-0.05, 0) is 76.4 Å². The normalized spacial score (nSPS) is 10.5. The quantitative estimate of drug-likeness (QED) is 0.703. The number of carbonyl (C=O) groups excluding carboxylic acids is 2. The lowest BCUT2D eigenvalue weighted by Gasteiger charge is -2.11. The number of amides is 1. The Morgan fingerprint density at radius 1 is 1.13 bits per heavy atom. The van der Waals surface area contributed by atoms with Crippen molar-refractivity contribution in [1.82, 2.24) is 0 Å². The molecule has 1 heterocycles. The number of ether oxygens (including phenoxy) is 1. The van der Waals surface area contributed by atoms with E-state index in [1.807, 2.05) is 19.1 Å². The zero-order valence-electron chi connectivity index (χ0n) is 12.8. The van der Waals surface area contributed by atoms with Gasteiger partial charge in [0.2, 0.25) is 0 Å². The van der Waals surface area contributed by atoms with Gasteiger partial charge in [-0.2, -0.15) is 0 Å². The van der Waals surface area contributed by atoms with E-state index in [4.69, 9.17) is 9.15 Å². The van der Waals surface area contributed by atoms with Crippen LogP contribution in [0.2, 0.25) is 0 Å². The number of anilines is 1. The monoisotopic (exact) mass is 443 g/mol. The Kier molecular flexibility index (Phi) is 5.64. The molecule has 1 amide bonds. The third-order valence-electron chi connectivity index (χ3n) is 3.05. The molecule has 0 unspecified atom stereocenters. The van der Waals surface area contributed by atoms with E-state index in [0.717, 1.165) is 14.5 Å². The fraction of sp³-hybridized carbons (Fsp3) is 0.250. The van der Waals surface area contributed by atoms with Crippen molar-refractivity contribution < 1.29 is 18.7 Å². The van der Waals surface area contributed by atoms with E-state index in [9.17, 15) is 9.59 Å². The number of hydrogen-bond acceptors (Lipinski definition) is 4. The highest BCUT2D eigenvalue weighted by Crippen LogP contribution is 2.32. The number of benzene rings is 1. The Labute approximate surface area is 150 Å². The number of rotatable bonds is 4. The molecule has 2 aromatic rings. The highest BCUT2D eigenvalue weighted by Gasteiger charge is 2.17. The van der Waals surface area contributed by atoms with E-state index in [1.165, 1.54) is 0 Å². The molecule has 0 saturated heterocycles. The van der Waals surface area contributed by atoms with Crippen LogP contribution >= 0.6 is 31.9 Å². The maximum absolute atomic E-state index is 12.0. The molecule has 0 aliphatic rings. The van der Waals surface area contributed by atoms with Crippen molar-refractivity contribution in [3.05, 3.63) is 49.8 Å². The van der Waals surface area contributed by atoms with Gasteiger partial charge in [0.05, 0.1) is 5.69 Å². The lowest BCUT2D eigenvalue weighted by Crippen LogP contribution is -2.21. The molecule has 0 atom stereocenters. The highest BCUT2D eigenvalue weighted by molar-refractivity contribution is 9.11. The second-order valence-electron chi connectivity index (χ2n) is 5.05. The summed E-state index contributed by atoms with van der Waals surface area (Å²) in [4.78, 5) is 23.9. The van der Waals surface area contributed by atoms with Gasteiger partial charge in [-0.25, -0.2) is 4.79 Å². The highest BCUT2D eigenvalue weighted by atomic mass is 79.9. The average Bonchev–Trinajstić information content (AvgIpc) is 2.79. The predicted octanol–water partition coefficient (Wildman–Crippen LogP) is 4.53. The Morgan fingerprint density at radius 2 is 1.74 bits per heavy atom. The first kappa shape index (κ1) is 17.7. The van der Waals surface area contributed by atoms with Gasteiger partial charge >= 0.3 is 5.97 Å². The van der Waals surface area contributed by atoms with E-state index < -0.39 is 11.9 Å². The van der Waals surface area contributed by atoms with Crippen molar-refractivity contribution in [3.8, 4) is 0 Å². The summed E-state index contributed by atoms with van der Waals surface area (Å²) in [7, 11) is 0. The van der Waals surface area contributed by atoms with Crippen LogP contribution in [0.3, 0.4) is 0 Å². The van der Waals surface area contributed by atoms with Crippen LogP contribution in [0.15, 0.2) is 31.6 Å². The first-order valence-electron chi connectivity index (χ1n) is 6.77. The van der Waals surface area contributed by atoms with Gasteiger partial charge in [0.15, 0.2) is 6.61 Å². The second-order valence-corrected chi connectivity index (χ2v) is 6.76. The maximum atomic E-state index is 12.0. The fourth-order valence-electron chi connectivity index (χ4n) is 2.04. The van der Waals surface area contributed by atoms with Crippen molar-refractivity contribution in [2.45, 2.75) is 20.8 Å². The Hall–Kier alpha value is -1.60. The third-order valence-corrected chi connectivity index (χ3v) is 4.30. The summed E-state index contributed by atoms with van der Waals surface area (Å²) in [5.41, 5.74) is 1.96. The molecule has 1 aromatic carbocycles. The second kappa shape index (κ2) is 7.31. The van der Waals surface area contributed by atoms with Gasteiger partial charge in [-0.15, -0.1) is 0 Å². The molecule has 0 saturated carbocycles. The molecule has 0 bridgehead atoms. The molecule has 0 fully saturated rings. The zero-order chi connectivity index (χ0) is 17.1. The lowest BCUT2D eigenvalue weighted by molar-refractivity contribution is -0.119. The van der Waals surface area contributed by atoms with Crippen LogP contribution in [0.1, 0.15) is 27.4 Å². The molecule has 1 N–H and O–H groups in total. The van der Waals surface area contributed by atoms with Crippen LogP contribution < -0.4 is 5.32 Å². The van der Waals surface area contributed by atoms with Crippen LogP contribution in [0.25, 0.3) is 0 Å². The fourth-order valence-corrected chi connectivity index (χ4v) is 3.65. The van der Waals surface area contributed by atoms with E-state index in [0.29, 0.717) is 22.8 Å². The molecule has 0 spiro atoms. The molecule has 5 nitrogen and oxygen atoms in total. The number of nitrogens with one attached hydrogen (secondary N) is 1. The largest absolute Gasteiger partial charge is 0.466 e. The summed E-state index contributed by atoms with van der Waals surface area (Å²) in [6.45, 7) is 4.97. The number of furan rings is 1. The van der Waals surface area contributed by atoms with E-state index in [2.05, 4.69) is 37.2 Å². The van der Waals surface area contributed by atoms with E-state index in [1.54, 1.807) is 19.9 Å². The molecule has 0 aliphatic carbocycles. The number of carbonyl (C=O) groups is 2. The van der Waals surface area contributed by atoms with Crippen LogP contribution in [-0.2, 0) is 9.53 Å². The average molecular weight is 445 g/mol. The summed E-state index contributed by atoms with van der Waals surface area (Å²) >= 11 is 6.78. The van der Waals surface area contributed by atoms with Gasteiger partial charge in [-0.3, -0.25) is 4.79 Å². The van der Waals surface area contributed by atoms with Crippen molar-refractivity contribution in [2.24, 2.45) is 0 Å². The van der Waals surface area contributed by atoms with Crippen molar-refractivity contribution in [2.75, 3.05) is 11.9 Å². The van der Waals surface area contributed by atoms with Crippen LogP contribution in [-0.4, -0.2) is 18.5 Å². The first-order chi connectivity index (χ1) is 10.8. The van der Waals surface area contributed by atoms with Gasteiger partial charge in [0.1, 0.15) is 17.1 Å². The maximum Gasteiger partial charge on any atom is 0.342 e. The summed E-state index contributed by atoms with van der Waals surface area (Å²) in [5.74, 6) is 0.0707. The standard InChI is InChI=1S/C16H15Br2NO4/c1-8-4-12(17)15(13(18)5-8)19-14(20)7-22-16(21)11-6-9(2)23-10(11)3/h4-6H,7H2,1-3H3,(H,19,20). The first-order valence-corrected chi connectivity index (χ1v) is 8.36. The summed E-state index contributed by atoms with van der Waals surface area (Å²) in [6.07, 6.45) is 0. The van der Waals surface area contributed by atoms with Crippen molar-refractivity contribution in [1.29, 1.82) is 0 Å². The molecule has 122 valence electrons. The molecule has 7 heteroatoms. The summed E-state index contributed by atoms with van der Waals surface area (Å²) < 4.78 is 11.8. The van der Waals surface area contributed by atoms with Crippen LogP contribution in [0.4, 0.5) is 5.69 Å². The number of aryl methyl sites for hydroxylation is 3. The Morgan fingerprint density at radius 3 is 2.26 bits per heavy atom. The van der Waals surface area contributed by atoms with Gasteiger partial charge in [-0.1, -0.05) is 0 Å². The predicted molar refractivity (Wildman–Crippen MR) is 93.7 cm³/mol. The molecular formula is C16H15Br2NO4. The Bertz CT molecular complexity index is 744. The number of hydrogen-bond donors (Lipinski definition) is 1. The molecule has 1 aromatic heterocycles. The zero-order valence-corrected chi connectivity index (χ0v) is 16.0. The lowest BCUT2D eigenvalue weighted by atomic mass is 10.2. The summed E-state index contributed by atoms with van der Waals surface area (Å²) in [5, 5.41) is 2.70. The van der Waals surface area contributed by atoms with E-state index in [-0.39, 0.29) is 6.61 Å². The summed E-state index contributed by atoms with van der Waals surface area (Å²) in [6, 6.07) is 5.34. The molecular weight excluding hydrogens is 430 g/mol. The topological polar surface area (TPSA) is 68.5 Å². The number of esters is 1. The van der Waals surface area contributed by atoms with Crippen molar-refractivity contribution >= 4 is 49.4 Å². The smallest absolute Gasteiger partial charge is 0.342 e. The minimum Gasteiger partial charge on any atom is -0.466 e. The molecule has 0 radical (unpaired) electrons. The Balaban J connectivity index is 1.98. The van der Waals surface area contributed by atoms with Gasteiger partial charge in [0.25, 0.3) is 5.91 Å². The number of halogens is 2. The SMILES string of the molecule is Cc1cc(Br)c(NC(=O)COC(=O)c2cc(C)oc2C)c(Br)c1. The molecule has 0 aliphatic heterocycles.